The van der Waals surface area contributed by atoms with Crippen LogP contribution in [0.25, 0.3) is 0 Å². The molecule has 1 aliphatic rings. The number of hydrogen-bond acceptors (Lipinski definition) is 5. The van der Waals surface area contributed by atoms with Crippen LogP contribution >= 0.6 is 11.6 Å². The maximum Gasteiger partial charge on any atom is 0.325 e. The topological polar surface area (TPSA) is 92.8 Å². The van der Waals surface area contributed by atoms with E-state index in [2.05, 4.69) is 5.32 Å². The van der Waals surface area contributed by atoms with Gasteiger partial charge < -0.3 is 10.1 Å². The van der Waals surface area contributed by atoms with E-state index < -0.39 is 21.9 Å². The van der Waals surface area contributed by atoms with Crippen LogP contribution in [0.4, 0.5) is 5.69 Å². The second kappa shape index (κ2) is 8.84. The quantitative estimate of drug-likeness (QED) is 0.642. The molecule has 9 heteroatoms. The molecule has 0 bridgehead atoms. The van der Waals surface area contributed by atoms with Gasteiger partial charge in [-0.05, 0) is 55.2 Å². The van der Waals surface area contributed by atoms with Crippen LogP contribution in [0.3, 0.4) is 0 Å². The molecule has 0 aromatic heterocycles. The molecule has 0 saturated heterocycles. The fourth-order valence-electron chi connectivity index (χ4n) is 2.57. The number of esters is 1. The zero-order valence-electron chi connectivity index (χ0n) is 15.8. The highest BCUT2D eigenvalue weighted by Gasteiger charge is 2.24. The van der Waals surface area contributed by atoms with Gasteiger partial charge in [-0.3, -0.25) is 13.9 Å². The molecule has 0 aliphatic heterocycles. The van der Waals surface area contributed by atoms with Gasteiger partial charge in [0.1, 0.15) is 6.54 Å². The van der Waals surface area contributed by atoms with E-state index in [9.17, 15) is 18.0 Å². The highest BCUT2D eigenvalue weighted by atomic mass is 35.5. The number of rotatable bonds is 8. The molecule has 1 aliphatic carbocycles. The van der Waals surface area contributed by atoms with Crippen LogP contribution in [-0.2, 0) is 19.6 Å². The smallest absolute Gasteiger partial charge is 0.325 e. The highest BCUT2D eigenvalue weighted by Crippen LogP contribution is 2.28. The molecular formula is C20H21ClN2O5S. The lowest BCUT2D eigenvalue weighted by Gasteiger charge is -2.20. The van der Waals surface area contributed by atoms with Crippen molar-refractivity contribution >= 4 is 39.2 Å². The lowest BCUT2D eigenvalue weighted by Crippen LogP contribution is -2.31. The van der Waals surface area contributed by atoms with Crippen LogP contribution in [0.2, 0.25) is 5.02 Å². The van der Waals surface area contributed by atoms with E-state index in [1.54, 1.807) is 18.2 Å². The Kier molecular flexibility index (Phi) is 6.44. The molecule has 0 unspecified atom stereocenters. The average Bonchev–Trinajstić information content (AvgIpc) is 3.54. The van der Waals surface area contributed by atoms with Crippen molar-refractivity contribution in [1.29, 1.82) is 0 Å². The van der Waals surface area contributed by atoms with E-state index >= 15 is 0 Å². The van der Waals surface area contributed by atoms with Crippen molar-refractivity contribution in [1.82, 2.24) is 5.32 Å². The Balaban J connectivity index is 1.68. The van der Waals surface area contributed by atoms with Gasteiger partial charge in [-0.25, -0.2) is 8.42 Å². The number of halogens is 1. The number of sulfonamides is 1. The summed E-state index contributed by atoms with van der Waals surface area (Å²) >= 11 is 5.94. The second-order valence-corrected chi connectivity index (χ2v) is 9.19. The minimum Gasteiger partial charge on any atom is -0.464 e. The average molecular weight is 437 g/mol. The summed E-state index contributed by atoms with van der Waals surface area (Å²) in [7, 11) is -2.50. The van der Waals surface area contributed by atoms with Crippen molar-refractivity contribution in [3.8, 4) is 0 Å². The van der Waals surface area contributed by atoms with Crippen molar-refractivity contribution in [2.75, 3.05) is 24.5 Å². The summed E-state index contributed by atoms with van der Waals surface area (Å²) in [6.45, 7) is 0.100. The molecule has 1 saturated carbocycles. The maximum atomic E-state index is 12.9. The van der Waals surface area contributed by atoms with E-state index in [1.807, 2.05) is 0 Å². The zero-order valence-corrected chi connectivity index (χ0v) is 17.4. The molecule has 1 amide bonds. The van der Waals surface area contributed by atoms with Crippen LogP contribution < -0.4 is 9.62 Å². The maximum absolute atomic E-state index is 12.9. The molecule has 2 aromatic carbocycles. The number of ether oxygens (including phenoxy) is 1. The molecule has 7 nitrogen and oxygen atoms in total. The molecule has 29 heavy (non-hydrogen) atoms. The van der Waals surface area contributed by atoms with Gasteiger partial charge in [0.2, 0.25) is 0 Å². The van der Waals surface area contributed by atoms with E-state index in [1.165, 1.54) is 37.4 Å². The lowest BCUT2D eigenvalue weighted by molar-refractivity contribution is -0.142. The minimum absolute atomic E-state index is 0.0519. The second-order valence-electron chi connectivity index (χ2n) is 6.79. The Hall–Kier alpha value is -2.58. The predicted octanol–water partition coefficient (Wildman–Crippen LogP) is 2.85. The van der Waals surface area contributed by atoms with Crippen LogP contribution in [0.5, 0.6) is 0 Å². The third-order valence-electron chi connectivity index (χ3n) is 4.50. The van der Waals surface area contributed by atoms with E-state index in [4.69, 9.17) is 16.3 Å². The number of anilines is 1. The van der Waals surface area contributed by atoms with E-state index in [-0.39, 0.29) is 17.0 Å². The molecule has 0 spiro atoms. The predicted molar refractivity (Wildman–Crippen MR) is 109 cm³/mol. The number of nitrogens with zero attached hydrogens (tertiary/aromatic N) is 1. The normalized spacial score (nSPS) is 13.6. The summed E-state index contributed by atoms with van der Waals surface area (Å²) in [6.07, 6.45) is 2.12. The van der Waals surface area contributed by atoms with Crippen molar-refractivity contribution < 1.29 is 22.7 Å². The number of nitrogens with one attached hydrogen (secondary N) is 1. The van der Waals surface area contributed by atoms with Gasteiger partial charge in [-0.15, -0.1) is 0 Å². The van der Waals surface area contributed by atoms with E-state index in [0.29, 0.717) is 23.2 Å². The zero-order chi connectivity index (χ0) is 21.0. The van der Waals surface area contributed by atoms with Crippen molar-refractivity contribution in [3.63, 3.8) is 0 Å². The van der Waals surface area contributed by atoms with Gasteiger partial charge in [-0.1, -0.05) is 23.7 Å². The third kappa shape index (κ3) is 5.48. The van der Waals surface area contributed by atoms with Crippen LogP contribution in [0.1, 0.15) is 23.2 Å². The Morgan fingerprint density at radius 3 is 2.59 bits per heavy atom. The third-order valence-corrected chi connectivity index (χ3v) is 6.51. The molecule has 3 rings (SSSR count). The van der Waals surface area contributed by atoms with Gasteiger partial charge in [0.05, 0.1) is 17.2 Å². The van der Waals surface area contributed by atoms with Crippen LogP contribution in [-0.4, -0.2) is 40.5 Å². The van der Waals surface area contributed by atoms with Crippen molar-refractivity contribution in [2.45, 2.75) is 17.7 Å². The Morgan fingerprint density at radius 2 is 1.90 bits per heavy atom. The van der Waals surface area contributed by atoms with Gasteiger partial charge >= 0.3 is 5.97 Å². The summed E-state index contributed by atoms with van der Waals surface area (Å²) in [5.74, 6) is -0.640. The molecule has 1 N–H and O–H groups in total. The Morgan fingerprint density at radius 1 is 1.17 bits per heavy atom. The molecule has 1 fully saturated rings. The summed E-state index contributed by atoms with van der Waals surface area (Å²) in [5, 5.41) is 2.86. The van der Waals surface area contributed by atoms with Crippen molar-refractivity contribution in [2.24, 2.45) is 5.92 Å². The Labute approximate surface area is 174 Å². The van der Waals surface area contributed by atoms with Gasteiger partial charge in [0.25, 0.3) is 15.9 Å². The molecule has 2 aromatic rings. The molecule has 0 atom stereocenters. The number of amides is 1. The molecule has 0 heterocycles. The first kappa shape index (κ1) is 21.1. The standard InChI is InChI=1S/C20H21ClN2O5S/c1-23(17-6-3-5-16(21)11-17)29(26,27)18-7-2-4-15(10-18)20(25)22-12-19(24)28-13-14-8-9-14/h2-7,10-11,14H,8-9,12-13H2,1H3,(H,22,25). The van der Waals surface area contributed by atoms with Crippen molar-refractivity contribution in [3.05, 3.63) is 59.1 Å². The van der Waals surface area contributed by atoms with Crippen LogP contribution in [0.15, 0.2) is 53.4 Å². The van der Waals surface area contributed by atoms with Gasteiger partial charge in [0, 0.05) is 17.6 Å². The Bertz CT molecular complexity index is 1020. The largest absolute Gasteiger partial charge is 0.464 e. The number of hydrogen-bond donors (Lipinski definition) is 1. The van der Waals surface area contributed by atoms with E-state index in [0.717, 1.165) is 17.1 Å². The number of carbonyl (C=O) groups is 2. The summed E-state index contributed by atoms with van der Waals surface area (Å²) in [4.78, 5) is 23.9. The molecule has 0 radical (unpaired) electrons. The molecule has 154 valence electrons. The summed E-state index contributed by atoms with van der Waals surface area (Å²) < 4.78 is 32.0. The summed E-state index contributed by atoms with van der Waals surface area (Å²) in [6, 6.07) is 12.1. The number of carbonyl (C=O) groups excluding carboxylic acids is 2. The highest BCUT2D eigenvalue weighted by molar-refractivity contribution is 7.92. The lowest BCUT2D eigenvalue weighted by atomic mass is 10.2. The molecular weight excluding hydrogens is 416 g/mol. The van der Waals surface area contributed by atoms with Crippen LogP contribution in [0, 0.1) is 5.92 Å². The first-order chi connectivity index (χ1) is 13.8. The fraction of sp³-hybridized carbons (Fsp3) is 0.300. The van der Waals surface area contributed by atoms with Gasteiger partial charge in [-0.2, -0.15) is 0 Å². The first-order valence-electron chi connectivity index (χ1n) is 9.06. The number of benzene rings is 2. The first-order valence-corrected chi connectivity index (χ1v) is 10.9. The minimum atomic E-state index is -3.90. The van der Waals surface area contributed by atoms with Gasteiger partial charge in [0.15, 0.2) is 0 Å². The monoisotopic (exact) mass is 436 g/mol. The fourth-order valence-corrected chi connectivity index (χ4v) is 3.99. The summed E-state index contributed by atoms with van der Waals surface area (Å²) in [5.41, 5.74) is 0.520. The SMILES string of the molecule is CN(c1cccc(Cl)c1)S(=O)(=O)c1cccc(C(=O)NCC(=O)OCC2CC2)c1.